The Hall–Kier alpha value is -2.57. The number of carbonyl (C=O) groups excluding carboxylic acids is 1. The maximum atomic E-state index is 11.4. The van der Waals surface area contributed by atoms with E-state index in [1.807, 2.05) is 18.2 Å². The van der Waals surface area contributed by atoms with Crippen LogP contribution in [0.2, 0.25) is 0 Å². The van der Waals surface area contributed by atoms with E-state index in [2.05, 4.69) is 10.1 Å². The molecule has 4 rings (SSSR count). The molecule has 1 saturated heterocycles. The molecule has 144 valence electrons. The Bertz CT molecular complexity index is 764. The third-order valence-corrected chi connectivity index (χ3v) is 5.57. The zero-order valence-corrected chi connectivity index (χ0v) is 15.4. The highest BCUT2D eigenvalue weighted by molar-refractivity contribution is 6.07. The van der Waals surface area contributed by atoms with Gasteiger partial charge in [0.2, 0.25) is 6.10 Å². The number of nitrogens with zero attached hydrogens (tertiary/aromatic N) is 2. The third-order valence-electron chi connectivity index (χ3n) is 5.57. The summed E-state index contributed by atoms with van der Waals surface area (Å²) < 4.78 is 6.30. The number of likely N-dealkylation sites (tertiary alicyclic amines) is 1. The molecule has 1 aromatic carbocycles. The summed E-state index contributed by atoms with van der Waals surface area (Å²) in [5.74, 6) is 0.741. The van der Waals surface area contributed by atoms with Crippen molar-refractivity contribution in [1.82, 2.24) is 4.90 Å². The molecule has 2 fully saturated rings. The Labute approximate surface area is 159 Å². The number of carbonyl (C=O) groups is 1. The van der Waals surface area contributed by atoms with Crippen molar-refractivity contribution in [3.8, 4) is 5.75 Å². The monoisotopic (exact) mass is 370 g/mol. The average Bonchev–Trinajstić information content (AvgIpc) is 3.42. The van der Waals surface area contributed by atoms with Crippen LogP contribution < -0.4 is 10.5 Å². The first-order valence-corrected chi connectivity index (χ1v) is 9.79. The molecule has 0 radical (unpaired) electrons. The predicted octanol–water partition coefficient (Wildman–Crippen LogP) is 2.41. The number of nitrogens with two attached hydrogens (primary N) is 1. The number of benzene rings is 1. The summed E-state index contributed by atoms with van der Waals surface area (Å²) in [5, 5.41) is 12.6. The van der Waals surface area contributed by atoms with Crippen LogP contribution in [0.15, 0.2) is 23.4 Å². The Balaban J connectivity index is 1.61. The molecule has 3 aliphatic rings. The zero-order chi connectivity index (χ0) is 18.8. The number of hydrogen-bond acceptors (Lipinski definition) is 5. The van der Waals surface area contributed by atoms with Crippen molar-refractivity contribution in [2.45, 2.75) is 57.2 Å². The Kier molecular flexibility index (Phi) is 5.01. The van der Waals surface area contributed by atoms with Crippen molar-refractivity contribution in [3.05, 3.63) is 29.3 Å². The van der Waals surface area contributed by atoms with Crippen molar-refractivity contribution in [2.75, 3.05) is 13.1 Å². The molecule has 0 bridgehead atoms. The Morgan fingerprint density at radius 2 is 1.96 bits per heavy atom. The minimum absolute atomic E-state index is 0.190. The quantitative estimate of drug-likeness (QED) is 0.614. The van der Waals surface area contributed by atoms with Gasteiger partial charge in [0.15, 0.2) is 0 Å². The zero-order valence-electron chi connectivity index (χ0n) is 15.4. The number of amidine groups is 1. The van der Waals surface area contributed by atoms with Gasteiger partial charge in [0.25, 0.3) is 5.91 Å². The smallest absolute Gasteiger partial charge is 0.261 e. The first-order valence-electron chi connectivity index (χ1n) is 9.79. The SMILES string of the molecule is N=C(c1ccc(C2=NOC(C(N)=O)C2)c(OC2CCCC2)c1)N1CCCC1. The normalized spacial score (nSPS) is 22.6. The fourth-order valence-corrected chi connectivity index (χ4v) is 4.00. The molecule has 0 spiro atoms. The molecular weight excluding hydrogens is 344 g/mol. The number of ether oxygens (including phenoxy) is 1. The van der Waals surface area contributed by atoms with Gasteiger partial charge < -0.3 is 20.2 Å². The van der Waals surface area contributed by atoms with Crippen LogP contribution in [-0.4, -0.2) is 47.7 Å². The van der Waals surface area contributed by atoms with Gasteiger partial charge >= 0.3 is 0 Å². The fourth-order valence-electron chi connectivity index (χ4n) is 4.00. The van der Waals surface area contributed by atoms with Gasteiger partial charge in [-0.05, 0) is 50.7 Å². The lowest BCUT2D eigenvalue weighted by Gasteiger charge is -2.21. The number of rotatable bonds is 5. The summed E-state index contributed by atoms with van der Waals surface area (Å²) in [4.78, 5) is 18.7. The predicted molar refractivity (Wildman–Crippen MR) is 102 cm³/mol. The summed E-state index contributed by atoms with van der Waals surface area (Å²) in [7, 11) is 0. The highest BCUT2D eigenvalue weighted by Gasteiger charge is 2.30. The number of amides is 1. The summed E-state index contributed by atoms with van der Waals surface area (Å²) in [5.41, 5.74) is 7.68. The second kappa shape index (κ2) is 7.58. The lowest BCUT2D eigenvalue weighted by atomic mass is 10.0. The van der Waals surface area contributed by atoms with E-state index in [1.165, 1.54) is 12.8 Å². The molecule has 27 heavy (non-hydrogen) atoms. The van der Waals surface area contributed by atoms with Gasteiger partial charge in [-0.15, -0.1) is 0 Å². The van der Waals surface area contributed by atoms with Crippen LogP contribution in [0.25, 0.3) is 0 Å². The summed E-state index contributed by atoms with van der Waals surface area (Å²) in [6.07, 6.45) is 6.52. The summed E-state index contributed by atoms with van der Waals surface area (Å²) in [6.45, 7) is 1.86. The van der Waals surface area contributed by atoms with Gasteiger partial charge in [-0.3, -0.25) is 10.2 Å². The number of nitrogens with one attached hydrogen (secondary N) is 1. The first kappa shape index (κ1) is 17.8. The van der Waals surface area contributed by atoms with Gasteiger partial charge in [-0.2, -0.15) is 0 Å². The molecule has 7 heteroatoms. The van der Waals surface area contributed by atoms with Crippen molar-refractivity contribution >= 4 is 17.5 Å². The lowest BCUT2D eigenvalue weighted by molar-refractivity contribution is -0.127. The Morgan fingerprint density at radius 3 is 2.63 bits per heavy atom. The van der Waals surface area contributed by atoms with E-state index < -0.39 is 12.0 Å². The molecule has 1 atom stereocenters. The van der Waals surface area contributed by atoms with Crippen LogP contribution in [0.5, 0.6) is 5.75 Å². The molecule has 2 heterocycles. The van der Waals surface area contributed by atoms with Crippen LogP contribution in [0, 0.1) is 5.41 Å². The molecule has 2 aliphatic heterocycles. The van der Waals surface area contributed by atoms with Crippen molar-refractivity contribution in [2.24, 2.45) is 10.9 Å². The van der Waals surface area contributed by atoms with Crippen LogP contribution in [0.3, 0.4) is 0 Å². The van der Waals surface area contributed by atoms with Crippen LogP contribution in [0.4, 0.5) is 0 Å². The molecular formula is C20H26N4O3. The lowest BCUT2D eigenvalue weighted by Crippen LogP contribution is -2.29. The maximum Gasteiger partial charge on any atom is 0.261 e. The number of oxime groups is 1. The number of primary amides is 1. The van der Waals surface area contributed by atoms with E-state index in [-0.39, 0.29) is 6.10 Å². The largest absolute Gasteiger partial charge is 0.490 e. The Morgan fingerprint density at radius 1 is 1.22 bits per heavy atom. The van der Waals surface area contributed by atoms with Gasteiger partial charge in [0.05, 0.1) is 11.8 Å². The standard InChI is InChI=1S/C20H26N4O3/c21-19(24-9-3-4-10-24)13-7-8-15(16-12-18(20(22)25)27-23-16)17(11-13)26-14-5-1-2-6-14/h7-8,11,14,18,21H,1-6,9-10,12H2,(H2,22,25). The minimum Gasteiger partial charge on any atom is -0.490 e. The van der Waals surface area contributed by atoms with Crippen LogP contribution >= 0.6 is 0 Å². The van der Waals surface area contributed by atoms with E-state index in [4.69, 9.17) is 20.7 Å². The van der Waals surface area contributed by atoms with E-state index in [0.29, 0.717) is 18.0 Å². The molecule has 1 aliphatic carbocycles. The third kappa shape index (κ3) is 3.77. The second-order valence-corrected chi connectivity index (χ2v) is 7.52. The van der Waals surface area contributed by atoms with Gasteiger partial charge in [0, 0.05) is 30.6 Å². The second-order valence-electron chi connectivity index (χ2n) is 7.52. The molecule has 7 nitrogen and oxygen atoms in total. The fraction of sp³-hybridized carbons (Fsp3) is 0.550. The summed E-state index contributed by atoms with van der Waals surface area (Å²) >= 11 is 0. The number of hydrogen-bond donors (Lipinski definition) is 2. The molecule has 1 unspecified atom stereocenters. The minimum atomic E-state index is -0.720. The maximum absolute atomic E-state index is 11.4. The van der Waals surface area contributed by atoms with Crippen LogP contribution in [-0.2, 0) is 9.63 Å². The molecule has 0 aromatic heterocycles. The van der Waals surface area contributed by atoms with Crippen molar-refractivity contribution in [1.29, 1.82) is 5.41 Å². The van der Waals surface area contributed by atoms with Crippen molar-refractivity contribution < 1.29 is 14.4 Å². The average molecular weight is 370 g/mol. The molecule has 1 saturated carbocycles. The van der Waals surface area contributed by atoms with Gasteiger partial charge in [-0.25, -0.2) is 0 Å². The van der Waals surface area contributed by atoms with Crippen LogP contribution in [0.1, 0.15) is 56.1 Å². The topological polar surface area (TPSA) is 101 Å². The highest BCUT2D eigenvalue weighted by Crippen LogP contribution is 2.31. The van der Waals surface area contributed by atoms with Gasteiger partial charge in [0.1, 0.15) is 11.6 Å². The molecule has 3 N–H and O–H groups in total. The van der Waals surface area contributed by atoms with Gasteiger partial charge in [-0.1, -0.05) is 11.2 Å². The first-order chi connectivity index (χ1) is 13.1. The van der Waals surface area contributed by atoms with Crippen molar-refractivity contribution in [3.63, 3.8) is 0 Å². The summed E-state index contributed by atoms with van der Waals surface area (Å²) in [6, 6.07) is 5.79. The van der Waals surface area contributed by atoms with E-state index in [0.717, 1.165) is 55.6 Å². The molecule has 1 amide bonds. The highest BCUT2D eigenvalue weighted by atomic mass is 16.6. The van der Waals surface area contributed by atoms with E-state index >= 15 is 0 Å². The van der Waals surface area contributed by atoms with E-state index in [1.54, 1.807) is 0 Å². The van der Waals surface area contributed by atoms with E-state index in [9.17, 15) is 4.79 Å². The molecule has 1 aromatic rings.